The third-order valence-electron chi connectivity index (χ3n) is 4.99. The van der Waals surface area contributed by atoms with Gasteiger partial charge in [0.05, 0.1) is 30.9 Å². The van der Waals surface area contributed by atoms with Gasteiger partial charge in [0.15, 0.2) is 11.5 Å². The number of imidazole rings is 1. The molecule has 1 amide bonds. The minimum absolute atomic E-state index is 0.0935. The molecule has 0 bridgehead atoms. The Morgan fingerprint density at radius 2 is 2.04 bits per heavy atom. The Labute approximate surface area is 156 Å². The molecule has 7 heteroatoms. The van der Waals surface area contributed by atoms with Gasteiger partial charge < -0.3 is 18.9 Å². The maximum Gasteiger partial charge on any atom is 0.264 e. The van der Waals surface area contributed by atoms with Gasteiger partial charge in [-0.3, -0.25) is 4.79 Å². The average Bonchev–Trinajstić information content (AvgIpc) is 3.38. The predicted molar refractivity (Wildman–Crippen MR) is 101 cm³/mol. The van der Waals surface area contributed by atoms with Crippen LogP contribution >= 0.6 is 11.3 Å². The van der Waals surface area contributed by atoms with E-state index in [0.717, 1.165) is 46.2 Å². The highest BCUT2D eigenvalue weighted by molar-refractivity contribution is 7.20. The van der Waals surface area contributed by atoms with Gasteiger partial charge in [-0.25, -0.2) is 4.98 Å². The predicted octanol–water partition coefficient (Wildman–Crippen LogP) is 3.28. The molecule has 3 heterocycles. The number of likely N-dealkylation sites (tertiary alicyclic amines) is 1. The van der Waals surface area contributed by atoms with Crippen LogP contribution in [0.25, 0.3) is 10.3 Å². The summed E-state index contributed by atoms with van der Waals surface area (Å²) in [5.41, 5.74) is 2.19. The van der Waals surface area contributed by atoms with Crippen LogP contribution in [-0.4, -0.2) is 47.7 Å². The lowest BCUT2D eigenvalue weighted by Crippen LogP contribution is -2.27. The van der Waals surface area contributed by atoms with E-state index in [0.29, 0.717) is 5.92 Å². The van der Waals surface area contributed by atoms with Gasteiger partial charge in [-0.15, -0.1) is 11.3 Å². The number of thiophene rings is 1. The molecule has 0 saturated carbocycles. The molecule has 1 atom stereocenters. The summed E-state index contributed by atoms with van der Waals surface area (Å²) >= 11 is 1.46. The first-order valence-corrected chi connectivity index (χ1v) is 9.34. The van der Waals surface area contributed by atoms with Crippen LogP contribution in [0.3, 0.4) is 0 Å². The summed E-state index contributed by atoms with van der Waals surface area (Å²) in [5, 5.41) is 0. The molecule has 1 fully saturated rings. The van der Waals surface area contributed by atoms with E-state index in [9.17, 15) is 4.79 Å². The molecule has 1 unspecified atom stereocenters. The van der Waals surface area contributed by atoms with Crippen LogP contribution in [0.5, 0.6) is 11.5 Å². The summed E-state index contributed by atoms with van der Waals surface area (Å²) in [6.45, 7) is 1.48. The summed E-state index contributed by atoms with van der Waals surface area (Å²) in [4.78, 5) is 20.8. The molecule has 0 spiro atoms. The monoisotopic (exact) mass is 371 g/mol. The lowest BCUT2D eigenvalue weighted by molar-refractivity contribution is 0.0795. The molecular weight excluding hydrogens is 350 g/mol. The SMILES string of the molecule is COc1ccc(C2CCN(C(=O)c3cc4c(ncn4C)s3)C2)cc1OC. The van der Waals surface area contributed by atoms with E-state index in [2.05, 4.69) is 11.1 Å². The number of hydrogen-bond donors (Lipinski definition) is 0. The molecular formula is C19H21N3O3S. The van der Waals surface area contributed by atoms with Crippen molar-refractivity contribution < 1.29 is 14.3 Å². The number of carbonyl (C=O) groups is 1. The Hall–Kier alpha value is -2.54. The summed E-state index contributed by atoms with van der Waals surface area (Å²) in [6.07, 6.45) is 2.72. The van der Waals surface area contributed by atoms with E-state index < -0.39 is 0 Å². The molecule has 4 rings (SSSR count). The molecule has 1 aliphatic heterocycles. The normalized spacial score (nSPS) is 17.0. The number of fused-ring (bicyclic) bond motifs is 1. The van der Waals surface area contributed by atoms with E-state index in [1.54, 1.807) is 20.5 Å². The zero-order valence-electron chi connectivity index (χ0n) is 15.1. The zero-order valence-corrected chi connectivity index (χ0v) is 15.9. The molecule has 0 radical (unpaired) electrons. The highest BCUT2D eigenvalue weighted by Crippen LogP contribution is 2.35. The van der Waals surface area contributed by atoms with Crippen molar-refractivity contribution >= 4 is 27.6 Å². The topological polar surface area (TPSA) is 56.6 Å². The van der Waals surface area contributed by atoms with Crippen LogP contribution in [0.4, 0.5) is 0 Å². The van der Waals surface area contributed by atoms with E-state index in [1.807, 2.05) is 34.7 Å². The van der Waals surface area contributed by atoms with Crippen LogP contribution in [0.15, 0.2) is 30.6 Å². The van der Waals surface area contributed by atoms with Crippen molar-refractivity contribution in [1.29, 1.82) is 0 Å². The summed E-state index contributed by atoms with van der Waals surface area (Å²) in [5.74, 6) is 1.85. The molecule has 1 aliphatic rings. The third kappa shape index (κ3) is 2.82. The Morgan fingerprint density at radius 3 is 2.77 bits per heavy atom. The summed E-state index contributed by atoms with van der Waals surface area (Å²) in [6, 6.07) is 7.94. The van der Waals surface area contributed by atoms with Crippen LogP contribution in [0.2, 0.25) is 0 Å². The van der Waals surface area contributed by atoms with Crippen LogP contribution in [0, 0.1) is 0 Å². The fourth-order valence-corrected chi connectivity index (χ4v) is 4.51. The van der Waals surface area contributed by atoms with Crippen molar-refractivity contribution in [1.82, 2.24) is 14.5 Å². The quantitative estimate of drug-likeness (QED) is 0.706. The van der Waals surface area contributed by atoms with E-state index in [4.69, 9.17) is 9.47 Å². The maximum absolute atomic E-state index is 12.9. The molecule has 1 aromatic carbocycles. The summed E-state index contributed by atoms with van der Waals surface area (Å²) < 4.78 is 12.7. The Morgan fingerprint density at radius 1 is 1.23 bits per heavy atom. The number of aromatic nitrogens is 2. The van der Waals surface area contributed by atoms with Crippen molar-refractivity contribution in [3.05, 3.63) is 41.0 Å². The standard InChI is InChI=1S/C19H21N3O3S/c1-21-11-20-18-14(21)9-17(26-18)19(23)22-7-6-13(10-22)12-4-5-15(24-2)16(8-12)25-3/h4-5,8-9,11,13H,6-7,10H2,1-3H3. The van der Waals surface area contributed by atoms with E-state index in [1.165, 1.54) is 16.9 Å². The number of benzene rings is 1. The maximum atomic E-state index is 12.9. The highest BCUT2D eigenvalue weighted by atomic mass is 32.1. The molecule has 136 valence electrons. The third-order valence-corrected chi connectivity index (χ3v) is 6.01. The van der Waals surface area contributed by atoms with Crippen molar-refractivity contribution in [2.45, 2.75) is 12.3 Å². The van der Waals surface area contributed by atoms with Gasteiger partial charge in [-0.2, -0.15) is 0 Å². The Kier molecular flexibility index (Phi) is 4.32. The molecule has 26 heavy (non-hydrogen) atoms. The number of nitrogens with zero attached hydrogens (tertiary/aromatic N) is 3. The Balaban J connectivity index is 1.51. The second-order valence-corrected chi connectivity index (χ2v) is 7.54. The molecule has 0 aliphatic carbocycles. The van der Waals surface area contributed by atoms with Gasteiger partial charge >= 0.3 is 0 Å². The van der Waals surface area contributed by atoms with Crippen LogP contribution in [0.1, 0.15) is 27.6 Å². The van der Waals surface area contributed by atoms with Crippen molar-refractivity contribution in [2.75, 3.05) is 27.3 Å². The largest absolute Gasteiger partial charge is 0.493 e. The number of rotatable bonds is 4. The minimum atomic E-state index is 0.0935. The smallest absolute Gasteiger partial charge is 0.264 e. The fraction of sp³-hybridized carbons (Fsp3) is 0.368. The lowest BCUT2D eigenvalue weighted by Gasteiger charge is -2.16. The number of methoxy groups -OCH3 is 2. The van der Waals surface area contributed by atoms with Gasteiger partial charge in [0.2, 0.25) is 0 Å². The second kappa shape index (κ2) is 6.64. The van der Waals surface area contributed by atoms with Gasteiger partial charge in [-0.1, -0.05) is 6.07 Å². The number of carbonyl (C=O) groups excluding carboxylic acids is 1. The van der Waals surface area contributed by atoms with Gasteiger partial charge in [-0.05, 0) is 30.2 Å². The first-order chi connectivity index (χ1) is 12.6. The molecule has 0 N–H and O–H groups in total. The number of aryl methyl sites for hydroxylation is 1. The van der Waals surface area contributed by atoms with Crippen molar-refractivity contribution in [3.8, 4) is 11.5 Å². The average molecular weight is 371 g/mol. The van der Waals surface area contributed by atoms with Crippen molar-refractivity contribution in [3.63, 3.8) is 0 Å². The lowest BCUT2D eigenvalue weighted by atomic mass is 9.98. The second-order valence-electron chi connectivity index (χ2n) is 6.51. The number of ether oxygens (including phenoxy) is 2. The number of hydrogen-bond acceptors (Lipinski definition) is 5. The Bertz CT molecular complexity index is 962. The van der Waals surface area contributed by atoms with Gasteiger partial charge in [0.25, 0.3) is 5.91 Å². The van der Waals surface area contributed by atoms with E-state index >= 15 is 0 Å². The van der Waals surface area contributed by atoms with Crippen LogP contribution in [-0.2, 0) is 7.05 Å². The van der Waals surface area contributed by atoms with Gasteiger partial charge in [0, 0.05) is 26.1 Å². The first kappa shape index (κ1) is 16.9. The minimum Gasteiger partial charge on any atom is -0.493 e. The molecule has 1 saturated heterocycles. The first-order valence-electron chi connectivity index (χ1n) is 8.52. The van der Waals surface area contributed by atoms with Crippen molar-refractivity contribution in [2.24, 2.45) is 7.05 Å². The molecule has 3 aromatic rings. The summed E-state index contributed by atoms with van der Waals surface area (Å²) in [7, 11) is 5.22. The number of amides is 1. The van der Waals surface area contributed by atoms with Crippen LogP contribution < -0.4 is 9.47 Å². The fourth-order valence-electron chi connectivity index (χ4n) is 3.50. The zero-order chi connectivity index (χ0) is 18.3. The van der Waals surface area contributed by atoms with E-state index in [-0.39, 0.29) is 5.91 Å². The highest BCUT2D eigenvalue weighted by Gasteiger charge is 2.29. The molecule has 6 nitrogen and oxygen atoms in total. The molecule has 2 aromatic heterocycles. The van der Waals surface area contributed by atoms with Gasteiger partial charge in [0.1, 0.15) is 4.83 Å².